The predicted molar refractivity (Wildman–Crippen MR) is 103 cm³/mol. The number of rotatable bonds is 6. The van der Waals surface area contributed by atoms with Gasteiger partial charge in [-0.1, -0.05) is 26.0 Å². The minimum Gasteiger partial charge on any atom is -0.346 e. The lowest BCUT2D eigenvalue weighted by Gasteiger charge is -2.23. The summed E-state index contributed by atoms with van der Waals surface area (Å²) in [6, 6.07) is 9.60. The summed E-state index contributed by atoms with van der Waals surface area (Å²) in [6.45, 7) is 4.59. The topological polar surface area (TPSA) is 61.4 Å². The fourth-order valence-electron chi connectivity index (χ4n) is 2.47. The molecule has 0 radical (unpaired) electrons. The van der Waals surface area contributed by atoms with Crippen LogP contribution in [-0.4, -0.2) is 37.4 Å². The van der Waals surface area contributed by atoms with Crippen molar-refractivity contribution in [1.82, 2.24) is 10.2 Å². The van der Waals surface area contributed by atoms with E-state index < -0.39 is 11.8 Å². The summed E-state index contributed by atoms with van der Waals surface area (Å²) < 4.78 is 0. The number of nitrogens with zero attached hydrogens (tertiary/aromatic N) is 1. The summed E-state index contributed by atoms with van der Waals surface area (Å²) in [7, 11) is 3.90. The highest BCUT2D eigenvalue weighted by Crippen LogP contribution is 2.20. The second kappa shape index (κ2) is 8.78. The molecule has 1 heterocycles. The first kappa shape index (κ1) is 19.1. The van der Waals surface area contributed by atoms with Crippen molar-refractivity contribution in [1.29, 1.82) is 0 Å². The number of carbonyl (C=O) groups is 2. The van der Waals surface area contributed by atoms with Gasteiger partial charge in [0.15, 0.2) is 0 Å². The maximum Gasteiger partial charge on any atom is 0.313 e. The monoisotopic (exact) mass is 359 g/mol. The molecule has 0 aliphatic carbocycles. The second-order valence-corrected chi connectivity index (χ2v) is 7.26. The van der Waals surface area contributed by atoms with Crippen LogP contribution in [0.15, 0.2) is 41.1 Å². The van der Waals surface area contributed by atoms with Crippen LogP contribution in [0.4, 0.5) is 5.69 Å². The molecule has 2 amide bonds. The van der Waals surface area contributed by atoms with Gasteiger partial charge in [-0.15, -0.1) is 0 Å². The SMILES string of the molecule is CC(C)c1ccc(NC(=O)C(=O)NC[C@H](c2ccsc2)N(C)C)cc1. The molecule has 0 aliphatic rings. The maximum atomic E-state index is 12.1. The highest BCUT2D eigenvalue weighted by Gasteiger charge is 2.19. The third-order valence-electron chi connectivity index (χ3n) is 4.05. The number of hydrogen-bond donors (Lipinski definition) is 2. The lowest BCUT2D eigenvalue weighted by Crippen LogP contribution is -2.40. The van der Waals surface area contributed by atoms with Gasteiger partial charge >= 0.3 is 11.8 Å². The molecule has 0 spiro atoms. The molecule has 2 N–H and O–H groups in total. The number of benzene rings is 1. The van der Waals surface area contributed by atoms with E-state index in [2.05, 4.69) is 24.5 Å². The summed E-state index contributed by atoms with van der Waals surface area (Å²) in [6.07, 6.45) is 0. The first-order valence-corrected chi connectivity index (χ1v) is 9.20. The van der Waals surface area contributed by atoms with E-state index in [1.54, 1.807) is 11.3 Å². The van der Waals surface area contributed by atoms with Crippen LogP contribution >= 0.6 is 11.3 Å². The van der Waals surface area contributed by atoms with Crippen molar-refractivity contribution in [3.63, 3.8) is 0 Å². The van der Waals surface area contributed by atoms with Crippen LogP contribution in [0.5, 0.6) is 0 Å². The second-order valence-electron chi connectivity index (χ2n) is 6.48. The Morgan fingerprint density at radius 1 is 1.04 bits per heavy atom. The van der Waals surface area contributed by atoms with Crippen LogP contribution in [0.25, 0.3) is 0 Å². The zero-order chi connectivity index (χ0) is 18.4. The molecular weight excluding hydrogens is 334 g/mol. The van der Waals surface area contributed by atoms with E-state index in [1.165, 1.54) is 5.56 Å². The van der Waals surface area contributed by atoms with Gasteiger partial charge < -0.3 is 15.5 Å². The van der Waals surface area contributed by atoms with Gasteiger partial charge in [0.05, 0.1) is 6.04 Å². The molecule has 0 unspecified atom stereocenters. The molecule has 25 heavy (non-hydrogen) atoms. The van der Waals surface area contributed by atoms with Gasteiger partial charge in [-0.2, -0.15) is 11.3 Å². The first-order chi connectivity index (χ1) is 11.9. The number of nitrogens with one attached hydrogen (secondary N) is 2. The number of thiophene rings is 1. The van der Waals surface area contributed by atoms with E-state index in [9.17, 15) is 9.59 Å². The normalized spacial score (nSPS) is 12.2. The molecule has 0 saturated heterocycles. The van der Waals surface area contributed by atoms with E-state index in [-0.39, 0.29) is 6.04 Å². The Morgan fingerprint density at radius 2 is 1.72 bits per heavy atom. The molecule has 2 rings (SSSR count). The molecule has 0 bridgehead atoms. The van der Waals surface area contributed by atoms with Crippen LogP contribution in [0.1, 0.15) is 36.9 Å². The molecule has 0 saturated carbocycles. The standard InChI is InChI=1S/C19H25N3O2S/c1-13(2)14-5-7-16(8-6-14)21-19(24)18(23)20-11-17(22(3)4)15-9-10-25-12-15/h5-10,12-13,17H,11H2,1-4H3,(H,20,23)(H,21,24)/t17-/m1/s1. The quantitative estimate of drug-likeness (QED) is 0.779. The minimum absolute atomic E-state index is 0.0355. The Kier molecular flexibility index (Phi) is 6.73. The molecule has 1 atom stereocenters. The van der Waals surface area contributed by atoms with Crippen molar-refractivity contribution in [3.8, 4) is 0 Å². The largest absolute Gasteiger partial charge is 0.346 e. The van der Waals surface area contributed by atoms with E-state index >= 15 is 0 Å². The van der Waals surface area contributed by atoms with E-state index in [0.717, 1.165) is 5.56 Å². The fourth-order valence-corrected chi connectivity index (χ4v) is 3.18. The Hall–Kier alpha value is -2.18. The van der Waals surface area contributed by atoms with E-state index in [0.29, 0.717) is 18.2 Å². The molecule has 134 valence electrons. The number of hydrogen-bond acceptors (Lipinski definition) is 4. The van der Waals surface area contributed by atoms with Crippen LogP contribution in [0.3, 0.4) is 0 Å². The molecule has 5 nitrogen and oxygen atoms in total. The zero-order valence-corrected chi connectivity index (χ0v) is 15.9. The fraction of sp³-hybridized carbons (Fsp3) is 0.368. The summed E-state index contributed by atoms with van der Waals surface area (Å²) in [5, 5.41) is 9.40. The number of likely N-dealkylation sites (N-methyl/N-ethyl adjacent to an activating group) is 1. The summed E-state index contributed by atoms with van der Waals surface area (Å²) in [5.41, 5.74) is 2.93. The van der Waals surface area contributed by atoms with Crippen molar-refractivity contribution >= 4 is 28.8 Å². The molecule has 1 aromatic heterocycles. The van der Waals surface area contributed by atoms with Crippen LogP contribution in [0, 0.1) is 0 Å². The summed E-state index contributed by atoms with van der Waals surface area (Å²) >= 11 is 1.61. The maximum absolute atomic E-state index is 12.1. The molecule has 0 aliphatic heterocycles. The highest BCUT2D eigenvalue weighted by atomic mass is 32.1. The van der Waals surface area contributed by atoms with Gasteiger partial charge in [-0.05, 0) is 60.1 Å². The number of amides is 2. The minimum atomic E-state index is -0.653. The Morgan fingerprint density at radius 3 is 2.24 bits per heavy atom. The number of anilines is 1. The average Bonchev–Trinajstić information content (AvgIpc) is 3.09. The zero-order valence-electron chi connectivity index (χ0n) is 15.1. The Labute approximate surface area is 153 Å². The van der Waals surface area contributed by atoms with Gasteiger partial charge in [0.2, 0.25) is 0 Å². The lowest BCUT2D eigenvalue weighted by atomic mass is 10.0. The van der Waals surface area contributed by atoms with E-state index in [4.69, 9.17) is 0 Å². The van der Waals surface area contributed by atoms with Crippen molar-refractivity contribution in [2.75, 3.05) is 26.0 Å². The van der Waals surface area contributed by atoms with Crippen molar-refractivity contribution in [2.24, 2.45) is 0 Å². The van der Waals surface area contributed by atoms with Crippen molar-refractivity contribution in [2.45, 2.75) is 25.8 Å². The first-order valence-electron chi connectivity index (χ1n) is 8.26. The van der Waals surface area contributed by atoms with Crippen LogP contribution < -0.4 is 10.6 Å². The van der Waals surface area contributed by atoms with Crippen molar-refractivity contribution in [3.05, 3.63) is 52.2 Å². The van der Waals surface area contributed by atoms with E-state index in [1.807, 2.05) is 60.1 Å². The van der Waals surface area contributed by atoms with Crippen LogP contribution in [-0.2, 0) is 9.59 Å². The molecule has 6 heteroatoms. The number of carbonyl (C=O) groups excluding carboxylic acids is 2. The Balaban J connectivity index is 1.90. The smallest absolute Gasteiger partial charge is 0.313 e. The third-order valence-corrected chi connectivity index (χ3v) is 4.75. The molecule has 0 fully saturated rings. The van der Waals surface area contributed by atoms with Gasteiger partial charge in [-0.3, -0.25) is 9.59 Å². The van der Waals surface area contributed by atoms with Crippen molar-refractivity contribution < 1.29 is 9.59 Å². The third kappa shape index (κ3) is 5.41. The summed E-state index contributed by atoms with van der Waals surface area (Å²) in [4.78, 5) is 26.2. The molecular formula is C19H25N3O2S. The highest BCUT2D eigenvalue weighted by molar-refractivity contribution is 7.07. The lowest BCUT2D eigenvalue weighted by molar-refractivity contribution is -0.136. The van der Waals surface area contributed by atoms with Gasteiger partial charge in [-0.25, -0.2) is 0 Å². The van der Waals surface area contributed by atoms with Gasteiger partial charge in [0, 0.05) is 12.2 Å². The van der Waals surface area contributed by atoms with Crippen LogP contribution in [0.2, 0.25) is 0 Å². The van der Waals surface area contributed by atoms with Gasteiger partial charge in [0.25, 0.3) is 0 Å². The van der Waals surface area contributed by atoms with Gasteiger partial charge in [0.1, 0.15) is 0 Å². The summed E-state index contributed by atoms with van der Waals surface area (Å²) in [5.74, 6) is -0.858. The molecule has 1 aromatic carbocycles. The Bertz CT molecular complexity index is 694. The molecule has 2 aromatic rings. The average molecular weight is 359 g/mol. The predicted octanol–water partition coefficient (Wildman–Crippen LogP) is 3.23.